The van der Waals surface area contributed by atoms with Crippen LogP contribution in [0.4, 0.5) is 5.69 Å². The van der Waals surface area contributed by atoms with Crippen LogP contribution in [0.5, 0.6) is 0 Å². The summed E-state index contributed by atoms with van der Waals surface area (Å²) in [6.07, 6.45) is 2.11. The van der Waals surface area contributed by atoms with Crippen LogP contribution in [0.1, 0.15) is 28.8 Å². The number of aryl methyl sites for hydroxylation is 1. The molecule has 3 rings (SSSR count). The molecule has 6 nitrogen and oxygen atoms in total. The van der Waals surface area contributed by atoms with Crippen molar-refractivity contribution in [3.05, 3.63) is 39.4 Å². The summed E-state index contributed by atoms with van der Waals surface area (Å²) in [5, 5.41) is 14.3. The number of piperidine rings is 1. The lowest BCUT2D eigenvalue weighted by molar-refractivity contribution is -0.385. The first-order chi connectivity index (χ1) is 10.1. The van der Waals surface area contributed by atoms with Gasteiger partial charge < -0.3 is 10.2 Å². The molecule has 2 aliphatic rings. The number of nitrogens with zero attached hydrogens (tertiary/aromatic N) is 2. The van der Waals surface area contributed by atoms with E-state index < -0.39 is 4.92 Å². The lowest BCUT2D eigenvalue weighted by atomic mass is 9.93. The summed E-state index contributed by atoms with van der Waals surface area (Å²) in [7, 11) is 0. The highest BCUT2D eigenvalue weighted by molar-refractivity contribution is 5.94. The standard InChI is InChI=1S/C15H19N3O3/c1-10-8-11(2-3-14(10)18(20)21)15(19)17-7-5-13-12(9-17)4-6-16-13/h2-3,8,12-13,16H,4-7,9H2,1H3. The molecule has 6 heteroatoms. The number of likely N-dealkylation sites (tertiary alicyclic amines) is 1. The third-order valence-electron chi connectivity index (χ3n) is 4.58. The van der Waals surface area contributed by atoms with E-state index in [1.165, 1.54) is 6.07 Å². The molecule has 1 N–H and O–H groups in total. The number of hydrogen-bond acceptors (Lipinski definition) is 4. The summed E-state index contributed by atoms with van der Waals surface area (Å²) in [5.74, 6) is 0.528. The number of nitro groups is 1. The van der Waals surface area contributed by atoms with Gasteiger partial charge in [0.2, 0.25) is 0 Å². The van der Waals surface area contributed by atoms with Gasteiger partial charge >= 0.3 is 0 Å². The van der Waals surface area contributed by atoms with Gasteiger partial charge in [0.1, 0.15) is 0 Å². The number of amides is 1. The molecule has 0 aliphatic carbocycles. The number of rotatable bonds is 2. The zero-order valence-electron chi connectivity index (χ0n) is 12.0. The number of benzene rings is 1. The number of carbonyl (C=O) groups excluding carboxylic acids is 1. The van der Waals surface area contributed by atoms with Gasteiger partial charge in [-0.15, -0.1) is 0 Å². The molecule has 2 heterocycles. The van der Waals surface area contributed by atoms with Crippen molar-refractivity contribution in [2.45, 2.75) is 25.8 Å². The van der Waals surface area contributed by atoms with E-state index in [1.807, 2.05) is 4.90 Å². The normalized spacial score (nSPS) is 24.7. The average molecular weight is 289 g/mol. The summed E-state index contributed by atoms with van der Waals surface area (Å²) in [5.41, 5.74) is 1.14. The van der Waals surface area contributed by atoms with Gasteiger partial charge in [0.05, 0.1) is 4.92 Å². The first-order valence-electron chi connectivity index (χ1n) is 7.34. The average Bonchev–Trinajstić information content (AvgIpc) is 2.93. The van der Waals surface area contributed by atoms with Gasteiger partial charge in [0.15, 0.2) is 0 Å². The number of hydrogen-bond donors (Lipinski definition) is 1. The predicted octanol–water partition coefficient (Wildman–Crippen LogP) is 1.73. The molecule has 2 unspecified atom stereocenters. The molecule has 2 fully saturated rings. The van der Waals surface area contributed by atoms with E-state index in [2.05, 4.69) is 5.32 Å². The van der Waals surface area contributed by atoms with E-state index in [1.54, 1.807) is 19.1 Å². The maximum atomic E-state index is 12.6. The molecule has 0 saturated carbocycles. The van der Waals surface area contributed by atoms with E-state index in [4.69, 9.17) is 0 Å². The van der Waals surface area contributed by atoms with Gasteiger partial charge in [-0.3, -0.25) is 14.9 Å². The highest BCUT2D eigenvalue weighted by Gasteiger charge is 2.34. The fourth-order valence-corrected chi connectivity index (χ4v) is 3.41. The monoisotopic (exact) mass is 289 g/mol. The molecule has 2 atom stereocenters. The smallest absolute Gasteiger partial charge is 0.272 e. The Kier molecular flexibility index (Phi) is 3.63. The molecule has 112 valence electrons. The summed E-state index contributed by atoms with van der Waals surface area (Å²) in [4.78, 5) is 24.9. The molecule has 21 heavy (non-hydrogen) atoms. The number of carbonyl (C=O) groups is 1. The Morgan fingerprint density at radius 1 is 1.43 bits per heavy atom. The second kappa shape index (κ2) is 5.44. The molecular weight excluding hydrogens is 270 g/mol. The molecule has 0 bridgehead atoms. The Labute approximate surface area is 123 Å². The number of nitrogens with one attached hydrogen (secondary N) is 1. The van der Waals surface area contributed by atoms with E-state index in [0.717, 1.165) is 32.5 Å². The summed E-state index contributed by atoms with van der Waals surface area (Å²) in [6.45, 7) is 4.24. The Bertz CT molecular complexity index is 588. The van der Waals surface area contributed by atoms with Crippen molar-refractivity contribution in [2.75, 3.05) is 19.6 Å². The fraction of sp³-hybridized carbons (Fsp3) is 0.533. The number of fused-ring (bicyclic) bond motifs is 1. The lowest BCUT2D eigenvalue weighted by Crippen LogP contribution is -2.46. The largest absolute Gasteiger partial charge is 0.338 e. The molecule has 0 spiro atoms. The van der Waals surface area contributed by atoms with Crippen LogP contribution in [0.2, 0.25) is 0 Å². The van der Waals surface area contributed by atoms with Crippen molar-refractivity contribution >= 4 is 11.6 Å². The van der Waals surface area contributed by atoms with Gasteiger partial charge in [-0.2, -0.15) is 0 Å². The van der Waals surface area contributed by atoms with E-state index >= 15 is 0 Å². The third-order valence-corrected chi connectivity index (χ3v) is 4.58. The van der Waals surface area contributed by atoms with Crippen molar-refractivity contribution in [1.29, 1.82) is 0 Å². The third kappa shape index (κ3) is 2.63. The van der Waals surface area contributed by atoms with Crippen molar-refractivity contribution in [1.82, 2.24) is 10.2 Å². The Balaban J connectivity index is 1.76. The zero-order valence-corrected chi connectivity index (χ0v) is 12.0. The summed E-state index contributed by atoms with van der Waals surface area (Å²) >= 11 is 0. The van der Waals surface area contributed by atoms with Crippen molar-refractivity contribution in [3.8, 4) is 0 Å². The molecular formula is C15H19N3O3. The van der Waals surface area contributed by atoms with Crippen LogP contribution >= 0.6 is 0 Å². The lowest BCUT2D eigenvalue weighted by Gasteiger charge is -2.35. The van der Waals surface area contributed by atoms with Gasteiger partial charge in [-0.25, -0.2) is 0 Å². The topological polar surface area (TPSA) is 75.5 Å². The quantitative estimate of drug-likeness (QED) is 0.664. The molecule has 2 saturated heterocycles. The minimum Gasteiger partial charge on any atom is -0.338 e. The van der Waals surface area contributed by atoms with E-state index in [9.17, 15) is 14.9 Å². The van der Waals surface area contributed by atoms with Crippen LogP contribution in [0.3, 0.4) is 0 Å². The SMILES string of the molecule is Cc1cc(C(=O)N2CCC3NCCC3C2)ccc1[N+](=O)[O-]. The van der Waals surface area contributed by atoms with Crippen LogP contribution in [-0.4, -0.2) is 41.4 Å². The van der Waals surface area contributed by atoms with Crippen LogP contribution in [-0.2, 0) is 0 Å². The molecule has 0 aromatic heterocycles. The maximum Gasteiger partial charge on any atom is 0.272 e. The second-order valence-electron chi connectivity index (χ2n) is 5.91. The molecule has 0 radical (unpaired) electrons. The molecule has 2 aliphatic heterocycles. The van der Waals surface area contributed by atoms with Crippen LogP contribution in [0.15, 0.2) is 18.2 Å². The van der Waals surface area contributed by atoms with Gasteiger partial charge in [0.25, 0.3) is 11.6 Å². The second-order valence-corrected chi connectivity index (χ2v) is 5.91. The molecule has 1 aromatic rings. The van der Waals surface area contributed by atoms with Crippen LogP contribution in [0, 0.1) is 23.0 Å². The zero-order chi connectivity index (χ0) is 15.0. The molecule has 1 amide bonds. The Morgan fingerprint density at radius 2 is 2.24 bits per heavy atom. The molecule has 1 aromatic carbocycles. The van der Waals surface area contributed by atoms with Crippen LogP contribution in [0.25, 0.3) is 0 Å². The minimum atomic E-state index is -0.417. The predicted molar refractivity (Wildman–Crippen MR) is 78.3 cm³/mol. The van der Waals surface area contributed by atoms with E-state index in [0.29, 0.717) is 23.1 Å². The van der Waals surface area contributed by atoms with Gasteiger partial charge in [0, 0.05) is 36.3 Å². The van der Waals surface area contributed by atoms with Crippen LogP contribution < -0.4 is 5.32 Å². The van der Waals surface area contributed by atoms with Gasteiger partial charge in [-0.1, -0.05) is 0 Å². The van der Waals surface area contributed by atoms with Crippen molar-refractivity contribution in [2.24, 2.45) is 5.92 Å². The highest BCUT2D eigenvalue weighted by Crippen LogP contribution is 2.26. The maximum absolute atomic E-state index is 12.6. The first-order valence-corrected chi connectivity index (χ1v) is 7.34. The van der Waals surface area contributed by atoms with Crippen molar-refractivity contribution in [3.63, 3.8) is 0 Å². The van der Waals surface area contributed by atoms with E-state index in [-0.39, 0.29) is 11.6 Å². The fourth-order valence-electron chi connectivity index (χ4n) is 3.41. The van der Waals surface area contributed by atoms with Gasteiger partial charge in [-0.05, 0) is 44.4 Å². The number of nitro benzene ring substituents is 1. The Morgan fingerprint density at radius 3 is 2.95 bits per heavy atom. The highest BCUT2D eigenvalue weighted by atomic mass is 16.6. The Hall–Kier alpha value is -1.95. The minimum absolute atomic E-state index is 0.0154. The summed E-state index contributed by atoms with van der Waals surface area (Å²) in [6, 6.07) is 5.16. The first kappa shape index (κ1) is 14.0. The summed E-state index contributed by atoms with van der Waals surface area (Å²) < 4.78 is 0. The van der Waals surface area contributed by atoms with Crippen molar-refractivity contribution < 1.29 is 9.72 Å².